The number of fused-ring (bicyclic) bond motifs is 1. The molecule has 0 bridgehead atoms. The van der Waals surface area contributed by atoms with Crippen LogP contribution in [0.4, 0.5) is 0 Å². The molecule has 132 valence electrons. The van der Waals surface area contributed by atoms with Gasteiger partial charge < -0.3 is 9.15 Å². The Morgan fingerprint density at radius 1 is 1.04 bits per heavy atom. The van der Waals surface area contributed by atoms with Gasteiger partial charge in [0.15, 0.2) is 0 Å². The molecule has 0 atom stereocenters. The molecule has 0 amide bonds. The molecule has 0 radical (unpaired) electrons. The third-order valence-electron chi connectivity index (χ3n) is 3.91. The normalized spacial score (nSPS) is 11.7. The van der Waals surface area contributed by atoms with E-state index in [1.54, 1.807) is 30.3 Å². The highest BCUT2D eigenvalue weighted by Crippen LogP contribution is 2.31. The van der Waals surface area contributed by atoms with Gasteiger partial charge in [-0.3, -0.25) is 0 Å². The van der Waals surface area contributed by atoms with Crippen molar-refractivity contribution in [3.05, 3.63) is 60.6 Å². The summed E-state index contributed by atoms with van der Waals surface area (Å²) in [4.78, 5) is 0.234. The van der Waals surface area contributed by atoms with E-state index in [0.717, 1.165) is 18.2 Å². The van der Waals surface area contributed by atoms with Crippen LogP contribution in [-0.4, -0.2) is 15.0 Å². The predicted molar refractivity (Wildman–Crippen MR) is 97.1 cm³/mol. The summed E-state index contributed by atoms with van der Waals surface area (Å²) in [6.45, 7) is 2.82. The van der Waals surface area contributed by atoms with E-state index in [1.807, 2.05) is 18.2 Å². The van der Waals surface area contributed by atoms with E-state index < -0.39 is 10.0 Å². The summed E-state index contributed by atoms with van der Waals surface area (Å²) in [5, 5.41) is 1.43. The lowest BCUT2D eigenvalue weighted by Crippen LogP contribution is -2.23. The molecule has 0 spiro atoms. The SMILES string of the molecule is CCCCOc1ccc(S(=O)(=O)NCc2ccco2)c2ccccc12. The fraction of sp³-hybridized carbons (Fsp3) is 0.263. The Bertz CT molecular complexity index is 933. The molecule has 1 aromatic heterocycles. The largest absolute Gasteiger partial charge is 0.493 e. The van der Waals surface area contributed by atoms with Gasteiger partial charge in [0, 0.05) is 10.8 Å². The van der Waals surface area contributed by atoms with Crippen LogP contribution in [0.25, 0.3) is 10.8 Å². The highest BCUT2D eigenvalue weighted by molar-refractivity contribution is 7.89. The van der Waals surface area contributed by atoms with Crippen molar-refractivity contribution in [3.63, 3.8) is 0 Å². The number of sulfonamides is 1. The molecule has 0 unspecified atom stereocenters. The van der Waals surface area contributed by atoms with Gasteiger partial charge in [-0.2, -0.15) is 0 Å². The summed E-state index contributed by atoms with van der Waals surface area (Å²) in [5.74, 6) is 1.27. The molecule has 0 aliphatic rings. The topological polar surface area (TPSA) is 68.5 Å². The van der Waals surface area contributed by atoms with Gasteiger partial charge in [-0.05, 0) is 30.7 Å². The molecular weight excluding hydrogens is 338 g/mol. The van der Waals surface area contributed by atoms with Crippen molar-refractivity contribution in [1.29, 1.82) is 0 Å². The van der Waals surface area contributed by atoms with Crippen LogP contribution in [0.15, 0.2) is 64.1 Å². The maximum absolute atomic E-state index is 12.7. The van der Waals surface area contributed by atoms with Gasteiger partial charge in [-0.25, -0.2) is 13.1 Å². The first-order chi connectivity index (χ1) is 12.1. The van der Waals surface area contributed by atoms with Crippen LogP contribution in [-0.2, 0) is 16.6 Å². The monoisotopic (exact) mass is 359 g/mol. The van der Waals surface area contributed by atoms with Crippen molar-refractivity contribution in [1.82, 2.24) is 4.72 Å². The summed E-state index contributed by atoms with van der Waals surface area (Å²) in [6, 6.07) is 14.1. The Kier molecular flexibility index (Phi) is 5.40. The number of hydrogen-bond acceptors (Lipinski definition) is 4. The number of unbranched alkanes of at least 4 members (excludes halogenated alkanes) is 1. The fourth-order valence-electron chi connectivity index (χ4n) is 2.59. The maximum atomic E-state index is 12.7. The minimum atomic E-state index is -3.67. The van der Waals surface area contributed by atoms with Crippen molar-refractivity contribution in [2.75, 3.05) is 6.61 Å². The van der Waals surface area contributed by atoms with Crippen molar-refractivity contribution in [2.45, 2.75) is 31.2 Å². The quantitative estimate of drug-likeness (QED) is 0.615. The Morgan fingerprint density at radius 2 is 1.84 bits per heavy atom. The first kappa shape index (κ1) is 17.5. The number of rotatable bonds is 8. The standard InChI is InChI=1S/C19H21NO4S/c1-2-3-12-24-18-10-11-19(17-9-5-4-8-16(17)18)25(21,22)20-14-15-7-6-13-23-15/h4-11,13,20H,2-3,12,14H2,1H3. The lowest BCUT2D eigenvalue weighted by Gasteiger charge is -2.13. The van der Waals surface area contributed by atoms with Crippen molar-refractivity contribution < 1.29 is 17.6 Å². The average molecular weight is 359 g/mol. The van der Waals surface area contributed by atoms with Gasteiger partial charge >= 0.3 is 0 Å². The van der Waals surface area contributed by atoms with Crippen LogP contribution >= 0.6 is 0 Å². The molecule has 0 aliphatic carbocycles. The summed E-state index contributed by atoms with van der Waals surface area (Å²) in [6.07, 6.45) is 3.52. The van der Waals surface area contributed by atoms with Gasteiger partial charge in [0.2, 0.25) is 10.0 Å². The zero-order chi connectivity index (χ0) is 17.7. The molecular formula is C19H21NO4S. The third-order valence-corrected chi connectivity index (χ3v) is 5.36. The summed E-state index contributed by atoms with van der Waals surface area (Å²) in [5.41, 5.74) is 0. The van der Waals surface area contributed by atoms with Crippen molar-refractivity contribution >= 4 is 20.8 Å². The lowest BCUT2D eigenvalue weighted by molar-refractivity contribution is 0.313. The fourth-order valence-corrected chi connectivity index (χ4v) is 3.79. The first-order valence-corrected chi connectivity index (χ1v) is 9.76. The molecule has 2 aromatic carbocycles. The molecule has 5 nitrogen and oxygen atoms in total. The van der Waals surface area contributed by atoms with E-state index in [-0.39, 0.29) is 11.4 Å². The molecule has 3 aromatic rings. The van der Waals surface area contributed by atoms with E-state index in [9.17, 15) is 8.42 Å². The lowest BCUT2D eigenvalue weighted by atomic mass is 10.1. The minimum absolute atomic E-state index is 0.110. The van der Waals surface area contributed by atoms with Crippen molar-refractivity contribution in [3.8, 4) is 5.75 Å². The highest BCUT2D eigenvalue weighted by Gasteiger charge is 2.19. The summed E-state index contributed by atoms with van der Waals surface area (Å²) < 4.78 is 39.0. The Morgan fingerprint density at radius 3 is 2.56 bits per heavy atom. The molecule has 6 heteroatoms. The zero-order valence-corrected chi connectivity index (χ0v) is 14.9. The van der Waals surface area contributed by atoms with Crippen LogP contribution in [0.2, 0.25) is 0 Å². The second-order valence-electron chi connectivity index (χ2n) is 5.71. The minimum Gasteiger partial charge on any atom is -0.493 e. The smallest absolute Gasteiger partial charge is 0.241 e. The Labute approximate surface area is 147 Å². The maximum Gasteiger partial charge on any atom is 0.241 e. The molecule has 0 aliphatic heterocycles. The van der Waals surface area contributed by atoms with E-state index >= 15 is 0 Å². The van der Waals surface area contributed by atoms with Gasteiger partial charge in [0.05, 0.1) is 24.3 Å². The van der Waals surface area contributed by atoms with E-state index in [0.29, 0.717) is 23.5 Å². The number of benzene rings is 2. The zero-order valence-electron chi connectivity index (χ0n) is 14.1. The van der Waals surface area contributed by atoms with Crippen LogP contribution in [0.5, 0.6) is 5.75 Å². The molecule has 25 heavy (non-hydrogen) atoms. The number of hydrogen-bond donors (Lipinski definition) is 1. The highest BCUT2D eigenvalue weighted by atomic mass is 32.2. The molecule has 3 rings (SSSR count). The average Bonchev–Trinajstić information content (AvgIpc) is 3.14. The van der Waals surface area contributed by atoms with Gasteiger partial charge in [0.1, 0.15) is 11.5 Å². The summed E-state index contributed by atoms with van der Waals surface area (Å²) >= 11 is 0. The van der Waals surface area contributed by atoms with Crippen LogP contribution in [0.3, 0.4) is 0 Å². The molecule has 0 saturated heterocycles. The predicted octanol–water partition coefficient (Wildman–Crippen LogP) is 4.09. The van der Waals surface area contributed by atoms with Gasteiger partial charge in [0.25, 0.3) is 0 Å². The van der Waals surface area contributed by atoms with E-state index in [1.165, 1.54) is 6.26 Å². The van der Waals surface area contributed by atoms with Gasteiger partial charge in [-0.15, -0.1) is 0 Å². The number of furan rings is 1. The van der Waals surface area contributed by atoms with E-state index in [2.05, 4.69) is 11.6 Å². The number of ether oxygens (including phenoxy) is 1. The van der Waals surface area contributed by atoms with Crippen LogP contribution in [0.1, 0.15) is 25.5 Å². The third kappa shape index (κ3) is 4.03. The van der Waals surface area contributed by atoms with Crippen molar-refractivity contribution in [2.24, 2.45) is 0 Å². The number of nitrogens with one attached hydrogen (secondary N) is 1. The summed E-state index contributed by atoms with van der Waals surface area (Å²) in [7, 11) is -3.67. The van der Waals surface area contributed by atoms with Crippen LogP contribution in [0, 0.1) is 0 Å². The molecule has 0 fully saturated rings. The molecule has 1 N–H and O–H groups in total. The first-order valence-electron chi connectivity index (χ1n) is 8.28. The van der Waals surface area contributed by atoms with Crippen LogP contribution < -0.4 is 9.46 Å². The van der Waals surface area contributed by atoms with E-state index in [4.69, 9.17) is 9.15 Å². The molecule has 1 heterocycles. The van der Waals surface area contributed by atoms with Gasteiger partial charge in [-0.1, -0.05) is 37.6 Å². The Hall–Kier alpha value is -2.31. The Balaban J connectivity index is 1.92. The molecule has 0 saturated carbocycles. The second-order valence-corrected chi connectivity index (χ2v) is 7.45. The second kappa shape index (κ2) is 7.72.